The Morgan fingerprint density at radius 2 is 2.12 bits per heavy atom. The van der Waals surface area contributed by atoms with Gasteiger partial charge < -0.3 is 5.73 Å². The first-order valence-corrected chi connectivity index (χ1v) is 6.86. The second kappa shape index (κ2) is 6.40. The predicted octanol–water partition coefficient (Wildman–Crippen LogP) is 2.14. The summed E-state index contributed by atoms with van der Waals surface area (Å²) in [6.45, 7) is 0.403. The van der Waals surface area contributed by atoms with E-state index in [2.05, 4.69) is 27.9 Å². The van der Waals surface area contributed by atoms with E-state index in [-0.39, 0.29) is 0 Å². The van der Waals surface area contributed by atoms with E-state index < -0.39 is 0 Å². The van der Waals surface area contributed by atoms with Gasteiger partial charge in [-0.2, -0.15) is 0 Å². The van der Waals surface area contributed by atoms with E-state index in [4.69, 9.17) is 5.73 Å². The fourth-order valence-electron chi connectivity index (χ4n) is 1.16. The molecule has 0 fully saturated rings. The number of nitrogens with two attached hydrogens (primary N) is 1. The first-order chi connectivity index (χ1) is 8.38. The topological polar surface area (TPSA) is 51.8 Å². The zero-order valence-corrected chi connectivity index (χ0v) is 10.7. The summed E-state index contributed by atoms with van der Waals surface area (Å²) in [7, 11) is 0. The molecule has 0 bridgehead atoms. The van der Waals surface area contributed by atoms with Crippen molar-refractivity contribution in [1.29, 1.82) is 0 Å². The molecule has 0 unspecified atom stereocenters. The molecular weight excluding hydrogens is 250 g/mol. The molecule has 0 aliphatic heterocycles. The number of hydrogen-bond donors (Lipinski definition) is 1. The van der Waals surface area contributed by atoms with Crippen molar-refractivity contribution < 1.29 is 0 Å². The summed E-state index contributed by atoms with van der Waals surface area (Å²) in [6, 6.07) is 5.92. The third kappa shape index (κ3) is 3.86. The Morgan fingerprint density at radius 3 is 2.88 bits per heavy atom. The van der Waals surface area contributed by atoms with E-state index in [0.29, 0.717) is 6.54 Å². The van der Waals surface area contributed by atoms with Crippen LogP contribution in [0, 0.1) is 11.8 Å². The molecule has 2 aromatic rings. The lowest BCUT2D eigenvalue weighted by Crippen LogP contribution is -1.92. The summed E-state index contributed by atoms with van der Waals surface area (Å²) in [5, 5.41) is 0.801. The molecule has 86 valence electrons. The second-order valence-electron chi connectivity index (χ2n) is 3.09. The van der Waals surface area contributed by atoms with Gasteiger partial charge in [-0.25, -0.2) is 9.97 Å². The Morgan fingerprint density at radius 1 is 1.29 bits per heavy atom. The van der Waals surface area contributed by atoms with Gasteiger partial charge in [-0.05, 0) is 18.2 Å². The van der Waals surface area contributed by atoms with Gasteiger partial charge in [-0.15, -0.1) is 11.3 Å². The molecule has 17 heavy (non-hydrogen) atoms. The van der Waals surface area contributed by atoms with Crippen LogP contribution in [0.4, 0.5) is 0 Å². The van der Waals surface area contributed by atoms with Crippen molar-refractivity contribution in [3.8, 4) is 11.8 Å². The molecule has 0 aliphatic rings. The highest BCUT2D eigenvalue weighted by Gasteiger charge is 2.01. The van der Waals surface area contributed by atoms with Crippen LogP contribution in [0.3, 0.4) is 0 Å². The van der Waals surface area contributed by atoms with E-state index in [1.807, 2.05) is 12.1 Å². The van der Waals surface area contributed by atoms with Crippen molar-refractivity contribution in [3.05, 3.63) is 40.3 Å². The summed E-state index contributed by atoms with van der Waals surface area (Å²) in [5.74, 6) is 6.75. The predicted molar refractivity (Wildman–Crippen MR) is 71.8 cm³/mol. The molecule has 2 heterocycles. The highest BCUT2D eigenvalue weighted by molar-refractivity contribution is 7.98. The van der Waals surface area contributed by atoms with Crippen LogP contribution in [0.2, 0.25) is 0 Å². The summed E-state index contributed by atoms with van der Waals surface area (Å²) >= 11 is 3.31. The third-order valence-electron chi connectivity index (χ3n) is 1.86. The number of aromatic nitrogens is 2. The molecular formula is C12H11N3S2. The van der Waals surface area contributed by atoms with Gasteiger partial charge >= 0.3 is 0 Å². The van der Waals surface area contributed by atoms with Crippen molar-refractivity contribution in [2.45, 2.75) is 10.9 Å². The maximum absolute atomic E-state index is 5.33. The number of thioether (sulfide) groups is 1. The zero-order valence-electron chi connectivity index (χ0n) is 9.09. The van der Waals surface area contributed by atoms with Crippen LogP contribution in [0.1, 0.15) is 9.75 Å². The molecule has 2 rings (SSSR count). The highest BCUT2D eigenvalue weighted by atomic mass is 32.2. The Hall–Kier alpha value is -1.35. The van der Waals surface area contributed by atoms with E-state index in [0.717, 1.165) is 15.8 Å². The molecule has 0 aliphatic carbocycles. The zero-order chi connectivity index (χ0) is 11.9. The molecule has 0 spiro atoms. The molecule has 0 saturated heterocycles. The SMILES string of the molecule is NCC#Cc1ccc(CSc2ncccn2)s1. The van der Waals surface area contributed by atoms with E-state index in [1.54, 1.807) is 35.5 Å². The fourth-order valence-corrected chi connectivity index (χ4v) is 2.89. The van der Waals surface area contributed by atoms with Gasteiger partial charge in [-0.1, -0.05) is 23.6 Å². The van der Waals surface area contributed by atoms with Crippen molar-refractivity contribution in [3.63, 3.8) is 0 Å². The van der Waals surface area contributed by atoms with Crippen LogP contribution in [0.5, 0.6) is 0 Å². The lowest BCUT2D eigenvalue weighted by molar-refractivity contribution is 0.967. The molecule has 0 saturated carbocycles. The molecule has 0 atom stereocenters. The molecule has 0 aromatic carbocycles. The molecule has 3 nitrogen and oxygen atoms in total. The van der Waals surface area contributed by atoms with Crippen LogP contribution in [0.25, 0.3) is 0 Å². The Kier molecular flexibility index (Phi) is 4.56. The Bertz CT molecular complexity index is 525. The Labute approximate surface area is 108 Å². The molecule has 2 aromatic heterocycles. The Balaban J connectivity index is 1.94. The summed E-state index contributed by atoms with van der Waals surface area (Å²) in [6.07, 6.45) is 3.50. The smallest absolute Gasteiger partial charge is 0.187 e. The van der Waals surface area contributed by atoms with Gasteiger partial charge in [-0.3, -0.25) is 0 Å². The van der Waals surface area contributed by atoms with Crippen LogP contribution in [0.15, 0.2) is 35.7 Å². The van der Waals surface area contributed by atoms with E-state index >= 15 is 0 Å². The minimum absolute atomic E-state index is 0.403. The normalized spacial score (nSPS) is 9.71. The molecule has 0 radical (unpaired) electrons. The van der Waals surface area contributed by atoms with Crippen LogP contribution in [-0.2, 0) is 5.75 Å². The molecule has 2 N–H and O–H groups in total. The van der Waals surface area contributed by atoms with Crippen molar-refractivity contribution in [1.82, 2.24) is 9.97 Å². The highest BCUT2D eigenvalue weighted by Crippen LogP contribution is 2.23. The molecule has 5 heteroatoms. The number of hydrogen-bond acceptors (Lipinski definition) is 5. The fraction of sp³-hybridized carbons (Fsp3) is 0.167. The largest absolute Gasteiger partial charge is 0.320 e. The second-order valence-corrected chi connectivity index (χ2v) is 5.20. The maximum Gasteiger partial charge on any atom is 0.187 e. The monoisotopic (exact) mass is 261 g/mol. The van der Waals surface area contributed by atoms with Gasteiger partial charge in [0.1, 0.15) is 0 Å². The van der Waals surface area contributed by atoms with Crippen molar-refractivity contribution >= 4 is 23.1 Å². The first kappa shape index (κ1) is 12.1. The minimum Gasteiger partial charge on any atom is -0.320 e. The van der Waals surface area contributed by atoms with Crippen molar-refractivity contribution in [2.24, 2.45) is 5.73 Å². The van der Waals surface area contributed by atoms with Gasteiger partial charge in [0.05, 0.1) is 11.4 Å². The van der Waals surface area contributed by atoms with Gasteiger partial charge in [0.2, 0.25) is 0 Å². The van der Waals surface area contributed by atoms with Crippen LogP contribution in [-0.4, -0.2) is 16.5 Å². The van der Waals surface area contributed by atoms with Gasteiger partial charge in [0.25, 0.3) is 0 Å². The summed E-state index contributed by atoms with van der Waals surface area (Å²) < 4.78 is 0. The van der Waals surface area contributed by atoms with Crippen molar-refractivity contribution in [2.75, 3.05) is 6.54 Å². The quantitative estimate of drug-likeness (QED) is 0.522. The van der Waals surface area contributed by atoms with Gasteiger partial charge in [0.15, 0.2) is 5.16 Å². The summed E-state index contributed by atoms with van der Waals surface area (Å²) in [5.41, 5.74) is 5.33. The standard InChI is InChI=1S/C12H11N3S2/c13-6-1-3-10-4-5-11(17-10)9-16-12-14-7-2-8-15-12/h2,4-5,7-8H,6,9,13H2. The average molecular weight is 261 g/mol. The average Bonchev–Trinajstić information content (AvgIpc) is 2.83. The number of nitrogens with zero attached hydrogens (tertiary/aromatic N) is 2. The van der Waals surface area contributed by atoms with E-state index in [9.17, 15) is 0 Å². The minimum atomic E-state index is 0.403. The first-order valence-electron chi connectivity index (χ1n) is 5.06. The maximum atomic E-state index is 5.33. The lowest BCUT2D eigenvalue weighted by atomic mass is 10.4. The number of rotatable bonds is 3. The van der Waals surface area contributed by atoms with E-state index in [1.165, 1.54) is 4.88 Å². The van der Waals surface area contributed by atoms with Crippen LogP contribution < -0.4 is 5.73 Å². The summed E-state index contributed by atoms with van der Waals surface area (Å²) in [4.78, 5) is 10.6. The lowest BCUT2D eigenvalue weighted by Gasteiger charge is -1.95. The third-order valence-corrected chi connectivity index (χ3v) is 3.97. The number of thiophene rings is 1. The van der Waals surface area contributed by atoms with Gasteiger partial charge in [0, 0.05) is 23.0 Å². The molecule has 0 amide bonds. The van der Waals surface area contributed by atoms with Crippen LogP contribution >= 0.6 is 23.1 Å².